The zero-order valence-corrected chi connectivity index (χ0v) is 12.6. The summed E-state index contributed by atoms with van der Waals surface area (Å²) in [5.41, 5.74) is 2.34. The maximum atomic E-state index is 12.2. The molecule has 0 unspecified atom stereocenters. The van der Waals surface area contributed by atoms with Gasteiger partial charge in [-0.25, -0.2) is 4.79 Å². The summed E-state index contributed by atoms with van der Waals surface area (Å²) >= 11 is 0. The molecule has 104 valence electrons. The van der Waals surface area contributed by atoms with E-state index in [4.69, 9.17) is 4.74 Å². The first kappa shape index (κ1) is 14.2. The minimum atomic E-state index is -0.505. The fourth-order valence-corrected chi connectivity index (χ4v) is 2.17. The van der Waals surface area contributed by atoms with Crippen LogP contribution in [0.3, 0.4) is 0 Å². The lowest BCUT2D eigenvalue weighted by Gasteiger charge is -2.20. The van der Waals surface area contributed by atoms with Gasteiger partial charge >= 0.3 is 6.09 Å². The first-order chi connectivity index (χ1) is 9.31. The van der Waals surface area contributed by atoms with Crippen molar-refractivity contribution in [1.29, 1.82) is 0 Å². The molecule has 0 bridgehead atoms. The van der Waals surface area contributed by atoms with Crippen LogP contribution in [-0.2, 0) is 4.74 Å². The van der Waals surface area contributed by atoms with Crippen molar-refractivity contribution >= 4 is 17.0 Å². The Morgan fingerprint density at radius 1 is 1.30 bits per heavy atom. The molecule has 1 aromatic carbocycles. The first-order valence-electron chi connectivity index (χ1n) is 6.59. The number of ether oxygens (including phenoxy) is 1. The Kier molecular flexibility index (Phi) is 3.59. The molecule has 3 nitrogen and oxygen atoms in total. The monoisotopic (exact) mass is 269 g/mol. The van der Waals surface area contributed by atoms with Crippen LogP contribution >= 0.6 is 0 Å². The summed E-state index contributed by atoms with van der Waals surface area (Å²) in [7, 11) is 0. The quantitative estimate of drug-likeness (QED) is 0.674. The molecule has 2 rings (SSSR count). The van der Waals surface area contributed by atoms with Gasteiger partial charge in [0.2, 0.25) is 0 Å². The number of hydrogen-bond acceptors (Lipinski definition) is 2. The van der Waals surface area contributed by atoms with E-state index in [1.807, 2.05) is 52.8 Å². The van der Waals surface area contributed by atoms with E-state index in [1.165, 1.54) is 0 Å². The van der Waals surface area contributed by atoms with E-state index < -0.39 is 5.60 Å². The number of rotatable bonds is 0. The highest BCUT2D eigenvalue weighted by Gasteiger charge is 2.19. The number of carbonyl (C=O) groups is 1. The zero-order valence-electron chi connectivity index (χ0n) is 12.6. The molecule has 0 atom stereocenters. The Hall–Kier alpha value is -2.21. The Bertz CT molecular complexity index is 721. The van der Waals surface area contributed by atoms with Gasteiger partial charge in [0.25, 0.3) is 0 Å². The van der Waals surface area contributed by atoms with E-state index in [2.05, 4.69) is 11.8 Å². The van der Waals surface area contributed by atoms with Crippen LogP contribution in [0.5, 0.6) is 0 Å². The van der Waals surface area contributed by atoms with Crippen molar-refractivity contribution in [1.82, 2.24) is 4.57 Å². The van der Waals surface area contributed by atoms with Crippen molar-refractivity contribution in [2.45, 2.75) is 40.2 Å². The molecule has 0 fully saturated rings. The highest BCUT2D eigenvalue weighted by Crippen LogP contribution is 2.23. The van der Waals surface area contributed by atoms with E-state index in [9.17, 15) is 4.79 Å². The molecular formula is C17H19NO2. The smallest absolute Gasteiger partial charge is 0.418 e. The van der Waals surface area contributed by atoms with Gasteiger partial charge in [0.15, 0.2) is 0 Å². The molecule has 3 heteroatoms. The summed E-state index contributed by atoms with van der Waals surface area (Å²) in [4.78, 5) is 12.2. The first-order valence-corrected chi connectivity index (χ1v) is 6.59. The van der Waals surface area contributed by atoms with Crippen LogP contribution in [0.2, 0.25) is 0 Å². The van der Waals surface area contributed by atoms with Crippen LogP contribution in [0.1, 0.15) is 38.8 Å². The predicted molar refractivity (Wildman–Crippen MR) is 80.9 cm³/mol. The van der Waals surface area contributed by atoms with Gasteiger partial charge in [-0.1, -0.05) is 5.92 Å². The van der Waals surface area contributed by atoms with Crippen molar-refractivity contribution in [3.63, 3.8) is 0 Å². The second kappa shape index (κ2) is 5.05. The van der Waals surface area contributed by atoms with E-state index >= 15 is 0 Å². The lowest BCUT2D eigenvalue weighted by molar-refractivity contribution is 0.0544. The van der Waals surface area contributed by atoms with Crippen LogP contribution in [0, 0.1) is 18.8 Å². The molecule has 0 saturated heterocycles. The van der Waals surface area contributed by atoms with Crippen molar-refractivity contribution in [3.8, 4) is 11.8 Å². The second-order valence-corrected chi connectivity index (χ2v) is 5.77. The molecule has 0 aliphatic rings. The SMILES string of the molecule is CC#Cc1cc(C)c2c(ccn2C(=O)OC(C)(C)C)c1. The average Bonchev–Trinajstić information content (AvgIpc) is 2.71. The van der Waals surface area contributed by atoms with Crippen molar-refractivity contribution in [2.75, 3.05) is 0 Å². The Balaban J connectivity index is 2.51. The molecule has 0 spiro atoms. The van der Waals surface area contributed by atoms with Crippen LogP contribution < -0.4 is 0 Å². The third-order valence-corrected chi connectivity index (χ3v) is 2.83. The van der Waals surface area contributed by atoms with Crippen molar-refractivity contribution < 1.29 is 9.53 Å². The number of carbonyl (C=O) groups excluding carboxylic acids is 1. The third-order valence-electron chi connectivity index (χ3n) is 2.83. The predicted octanol–water partition coefficient (Wildman–Crippen LogP) is 4.10. The van der Waals surface area contributed by atoms with Crippen molar-refractivity contribution in [2.24, 2.45) is 0 Å². The van der Waals surface area contributed by atoms with Gasteiger partial charge in [-0.15, -0.1) is 5.92 Å². The molecule has 0 amide bonds. The normalized spacial score (nSPS) is 11.1. The summed E-state index contributed by atoms with van der Waals surface area (Å²) in [5, 5.41) is 0.994. The second-order valence-electron chi connectivity index (χ2n) is 5.77. The van der Waals surface area contributed by atoms with Crippen LogP contribution in [0.25, 0.3) is 10.9 Å². The van der Waals surface area contributed by atoms with E-state index in [-0.39, 0.29) is 6.09 Å². The Morgan fingerprint density at radius 2 is 2.00 bits per heavy atom. The lowest BCUT2D eigenvalue weighted by Crippen LogP contribution is -2.26. The van der Waals surface area contributed by atoms with Crippen LogP contribution in [0.4, 0.5) is 4.79 Å². The molecule has 0 N–H and O–H groups in total. The van der Waals surface area contributed by atoms with Gasteiger partial charge in [-0.05, 0) is 58.4 Å². The minimum Gasteiger partial charge on any atom is -0.443 e. The topological polar surface area (TPSA) is 31.2 Å². The molecule has 0 saturated carbocycles. The average molecular weight is 269 g/mol. The highest BCUT2D eigenvalue weighted by atomic mass is 16.6. The molecule has 20 heavy (non-hydrogen) atoms. The van der Waals surface area contributed by atoms with Gasteiger partial charge in [0, 0.05) is 17.1 Å². The van der Waals surface area contributed by atoms with Gasteiger partial charge in [0.05, 0.1) is 5.52 Å². The van der Waals surface area contributed by atoms with Crippen LogP contribution in [-0.4, -0.2) is 16.3 Å². The molecule has 1 aromatic heterocycles. The molecule has 1 heterocycles. The minimum absolute atomic E-state index is 0.357. The fourth-order valence-electron chi connectivity index (χ4n) is 2.17. The number of fused-ring (bicyclic) bond motifs is 1. The standard InChI is InChI=1S/C17H19NO2/c1-6-7-13-10-12(2)15-14(11-13)8-9-18(15)16(19)20-17(3,4)5/h8-11H,1-5H3. The number of aryl methyl sites for hydroxylation is 1. The number of aromatic nitrogens is 1. The summed E-state index contributed by atoms with van der Waals surface area (Å²) in [5.74, 6) is 5.93. The molecule has 0 radical (unpaired) electrons. The summed E-state index contributed by atoms with van der Waals surface area (Å²) in [6, 6.07) is 5.88. The Morgan fingerprint density at radius 3 is 2.60 bits per heavy atom. The van der Waals surface area contributed by atoms with Gasteiger partial charge in [-0.2, -0.15) is 0 Å². The number of hydrogen-bond donors (Lipinski definition) is 0. The maximum Gasteiger partial charge on any atom is 0.418 e. The van der Waals surface area contributed by atoms with E-state index in [0.717, 1.165) is 22.0 Å². The van der Waals surface area contributed by atoms with Crippen LogP contribution in [0.15, 0.2) is 24.4 Å². The van der Waals surface area contributed by atoms with E-state index in [0.29, 0.717) is 0 Å². The molecule has 0 aliphatic heterocycles. The summed E-state index contributed by atoms with van der Waals surface area (Å²) in [6.45, 7) is 9.37. The lowest BCUT2D eigenvalue weighted by atomic mass is 10.1. The zero-order chi connectivity index (χ0) is 14.9. The summed E-state index contributed by atoms with van der Waals surface area (Å²) in [6.07, 6.45) is 1.39. The largest absolute Gasteiger partial charge is 0.443 e. The number of nitrogens with zero attached hydrogens (tertiary/aromatic N) is 1. The Labute approximate surface area is 119 Å². The maximum absolute atomic E-state index is 12.2. The molecule has 2 aromatic rings. The summed E-state index contributed by atoms with van der Waals surface area (Å²) < 4.78 is 6.97. The molecule has 0 aliphatic carbocycles. The van der Waals surface area contributed by atoms with Gasteiger partial charge in [-0.3, -0.25) is 4.57 Å². The number of benzene rings is 1. The fraction of sp³-hybridized carbons (Fsp3) is 0.353. The van der Waals surface area contributed by atoms with Gasteiger partial charge in [0.1, 0.15) is 5.60 Å². The molecular weight excluding hydrogens is 250 g/mol. The van der Waals surface area contributed by atoms with Gasteiger partial charge < -0.3 is 4.74 Å². The highest BCUT2D eigenvalue weighted by molar-refractivity contribution is 5.92. The van der Waals surface area contributed by atoms with Crippen molar-refractivity contribution in [3.05, 3.63) is 35.5 Å². The van der Waals surface area contributed by atoms with E-state index in [1.54, 1.807) is 10.8 Å². The third kappa shape index (κ3) is 2.85.